The number of anilines is 1. The summed E-state index contributed by atoms with van der Waals surface area (Å²) >= 11 is 0. The smallest absolute Gasteiger partial charge is 0.411 e. The summed E-state index contributed by atoms with van der Waals surface area (Å²) in [6.45, 7) is 3.23. The molecule has 0 aliphatic heterocycles. The SMILES string of the molecule is COC(=O)Nc1ccc2c(c1)oc1cc(S(=O)(=O)NC(C(=O)O)C(C)C)ccc12. The van der Waals surface area contributed by atoms with E-state index >= 15 is 0 Å². The van der Waals surface area contributed by atoms with Gasteiger partial charge in [0.25, 0.3) is 0 Å². The van der Waals surface area contributed by atoms with Crippen LogP contribution in [0.5, 0.6) is 0 Å². The summed E-state index contributed by atoms with van der Waals surface area (Å²) in [5.74, 6) is -1.68. The predicted molar refractivity (Wildman–Crippen MR) is 106 cm³/mol. The quantitative estimate of drug-likeness (QED) is 0.557. The lowest BCUT2D eigenvalue weighted by Gasteiger charge is -2.17. The van der Waals surface area contributed by atoms with Crippen LogP contribution in [0.3, 0.4) is 0 Å². The first-order valence-electron chi connectivity index (χ1n) is 8.69. The zero-order chi connectivity index (χ0) is 21.3. The van der Waals surface area contributed by atoms with E-state index in [0.29, 0.717) is 22.2 Å². The monoisotopic (exact) mass is 420 g/mol. The van der Waals surface area contributed by atoms with Gasteiger partial charge in [0, 0.05) is 28.6 Å². The third kappa shape index (κ3) is 4.17. The number of aliphatic carboxylic acids is 1. The first-order valence-corrected chi connectivity index (χ1v) is 10.2. The Morgan fingerprint density at radius 1 is 1.07 bits per heavy atom. The van der Waals surface area contributed by atoms with Crippen molar-refractivity contribution in [3.63, 3.8) is 0 Å². The summed E-state index contributed by atoms with van der Waals surface area (Å²) in [5, 5.41) is 13.2. The highest BCUT2D eigenvalue weighted by atomic mass is 32.2. The molecule has 0 spiro atoms. The second-order valence-corrected chi connectivity index (χ2v) is 8.48. The number of rotatable bonds is 6. The van der Waals surface area contributed by atoms with Crippen molar-refractivity contribution < 1.29 is 32.3 Å². The molecule has 29 heavy (non-hydrogen) atoms. The molecule has 1 heterocycles. The molecule has 0 fully saturated rings. The van der Waals surface area contributed by atoms with Crippen molar-refractivity contribution in [2.24, 2.45) is 5.92 Å². The first-order chi connectivity index (χ1) is 13.6. The van der Waals surface area contributed by atoms with Gasteiger partial charge in [-0.1, -0.05) is 13.8 Å². The number of benzene rings is 2. The predicted octanol–water partition coefficient (Wildman–Crippen LogP) is 3.15. The minimum Gasteiger partial charge on any atom is -0.480 e. The number of sulfonamides is 1. The van der Waals surface area contributed by atoms with Gasteiger partial charge in [-0.15, -0.1) is 0 Å². The maximum Gasteiger partial charge on any atom is 0.411 e. The largest absolute Gasteiger partial charge is 0.480 e. The molecule has 0 saturated heterocycles. The van der Waals surface area contributed by atoms with E-state index in [4.69, 9.17) is 4.42 Å². The molecule has 1 unspecified atom stereocenters. The minimum atomic E-state index is -4.07. The summed E-state index contributed by atoms with van der Waals surface area (Å²) in [6.07, 6.45) is -0.627. The normalized spacial score (nSPS) is 13.0. The Morgan fingerprint density at radius 3 is 2.28 bits per heavy atom. The van der Waals surface area contributed by atoms with E-state index in [2.05, 4.69) is 14.8 Å². The minimum absolute atomic E-state index is 0.108. The molecule has 0 aliphatic carbocycles. The number of furan rings is 1. The van der Waals surface area contributed by atoms with E-state index in [1.54, 1.807) is 38.1 Å². The molecule has 3 aromatic rings. The Balaban J connectivity index is 2.00. The average Bonchev–Trinajstić information content (AvgIpc) is 3.02. The summed E-state index contributed by atoms with van der Waals surface area (Å²) in [6, 6.07) is 8.06. The lowest BCUT2D eigenvalue weighted by atomic mass is 10.1. The molecule has 2 aromatic carbocycles. The van der Waals surface area contributed by atoms with E-state index < -0.39 is 34.0 Å². The highest BCUT2D eigenvalue weighted by Gasteiger charge is 2.28. The van der Waals surface area contributed by atoms with Crippen molar-refractivity contribution in [2.45, 2.75) is 24.8 Å². The number of hydrogen-bond donors (Lipinski definition) is 3. The van der Waals surface area contributed by atoms with Gasteiger partial charge in [-0.25, -0.2) is 13.2 Å². The molecular weight excluding hydrogens is 400 g/mol. The molecule has 154 valence electrons. The number of carboxylic acids is 1. The number of ether oxygens (including phenoxy) is 1. The topological polar surface area (TPSA) is 135 Å². The van der Waals surface area contributed by atoms with Crippen LogP contribution in [0.1, 0.15) is 13.8 Å². The summed E-state index contributed by atoms with van der Waals surface area (Å²) in [7, 11) is -2.82. The van der Waals surface area contributed by atoms with Crippen molar-refractivity contribution in [1.29, 1.82) is 0 Å². The van der Waals surface area contributed by atoms with Crippen LogP contribution in [0.15, 0.2) is 45.7 Å². The molecule has 9 nitrogen and oxygen atoms in total. The Kier molecular flexibility index (Phi) is 5.49. The van der Waals surface area contributed by atoms with Gasteiger partial charge < -0.3 is 14.3 Å². The third-order valence-electron chi connectivity index (χ3n) is 4.40. The molecule has 3 rings (SSSR count). The van der Waals surface area contributed by atoms with Crippen LogP contribution in [-0.4, -0.2) is 38.7 Å². The van der Waals surface area contributed by atoms with Gasteiger partial charge in [0.1, 0.15) is 17.2 Å². The van der Waals surface area contributed by atoms with E-state index in [9.17, 15) is 23.1 Å². The second kappa shape index (κ2) is 7.72. The third-order valence-corrected chi connectivity index (χ3v) is 5.84. The maximum atomic E-state index is 12.6. The number of carboxylic acid groups (broad SMARTS) is 1. The van der Waals surface area contributed by atoms with Crippen molar-refractivity contribution in [3.8, 4) is 0 Å². The van der Waals surface area contributed by atoms with E-state index in [1.165, 1.54) is 19.2 Å². The van der Waals surface area contributed by atoms with Gasteiger partial charge in [-0.05, 0) is 30.2 Å². The van der Waals surface area contributed by atoms with E-state index in [0.717, 1.165) is 5.39 Å². The van der Waals surface area contributed by atoms with Crippen LogP contribution < -0.4 is 10.0 Å². The fraction of sp³-hybridized carbons (Fsp3) is 0.263. The second-order valence-electron chi connectivity index (χ2n) is 6.77. The number of fused-ring (bicyclic) bond motifs is 3. The Morgan fingerprint density at radius 2 is 1.69 bits per heavy atom. The van der Waals surface area contributed by atoms with Crippen LogP contribution in [-0.2, 0) is 19.6 Å². The molecule has 0 saturated carbocycles. The van der Waals surface area contributed by atoms with Crippen molar-refractivity contribution in [3.05, 3.63) is 36.4 Å². The zero-order valence-corrected chi connectivity index (χ0v) is 16.7. The van der Waals surface area contributed by atoms with Crippen LogP contribution in [0.2, 0.25) is 0 Å². The summed E-state index contributed by atoms with van der Waals surface area (Å²) in [4.78, 5) is 22.6. The Bertz CT molecular complexity index is 1200. The molecule has 3 N–H and O–H groups in total. The van der Waals surface area contributed by atoms with Gasteiger partial charge >= 0.3 is 12.1 Å². The lowest BCUT2D eigenvalue weighted by molar-refractivity contribution is -0.140. The lowest BCUT2D eigenvalue weighted by Crippen LogP contribution is -2.44. The van der Waals surface area contributed by atoms with Gasteiger partial charge in [-0.2, -0.15) is 4.72 Å². The van der Waals surface area contributed by atoms with Gasteiger partial charge in [-0.3, -0.25) is 10.1 Å². The molecule has 1 aromatic heterocycles. The first kappa shape index (κ1) is 20.6. The fourth-order valence-electron chi connectivity index (χ4n) is 2.88. The van der Waals surface area contributed by atoms with Gasteiger partial charge in [0.2, 0.25) is 10.0 Å². The average molecular weight is 420 g/mol. The fourth-order valence-corrected chi connectivity index (χ4v) is 4.23. The van der Waals surface area contributed by atoms with E-state index in [-0.39, 0.29) is 4.90 Å². The molecule has 1 atom stereocenters. The van der Waals surface area contributed by atoms with Crippen molar-refractivity contribution in [2.75, 3.05) is 12.4 Å². The molecule has 0 radical (unpaired) electrons. The highest BCUT2D eigenvalue weighted by molar-refractivity contribution is 7.89. The van der Waals surface area contributed by atoms with E-state index in [1.807, 2.05) is 0 Å². The van der Waals surface area contributed by atoms with Gasteiger partial charge in [0.15, 0.2) is 0 Å². The highest BCUT2D eigenvalue weighted by Crippen LogP contribution is 2.32. The Labute approximate surface area is 166 Å². The number of hydrogen-bond acceptors (Lipinski definition) is 6. The number of methoxy groups -OCH3 is 1. The molecule has 0 bridgehead atoms. The number of amides is 1. The zero-order valence-electron chi connectivity index (χ0n) is 15.9. The van der Waals surface area contributed by atoms with Crippen LogP contribution in [0.25, 0.3) is 21.9 Å². The van der Waals surface area contributed by atoms with Crippen LogP contribution in [0.4, 0.5) is 10.5 Å². The van der Waals surface area contributed by atoms with Crippen LogP contribution in [0, 0.1) is 5.92 Å². The molecule has 1 amide bonds. The maximum absolute atomic E-state index is 12.6. The van der Waals surface area contributed by atoms with Crippen molar-refractivity contribution in [1.82, 2.24) is 4.72 Å². The standard InChI is InChI=1S/C19H20N2O7S/c1-10(2)17(18(22)23)21-29(25,26)12-5-7-14-13-6-4-11(20-19(24)27-3)8-15(13)28-16(14)9-12/h4-10,17,21H,1-3H3,(H,20,24)(H,22,23). The van der Waals surface area contributed by atoms with Crippen molar-refractivity contribution >= 4 is 49.7 Å². The number of carbonyl (C=O) groups is 2. The number of nitrogens with one attached hydrogen (secondary N) is 2. The summed E-state index contributed by atoms with van der Waals surface area (Å²) in [5.41, 5.74) is 1.22. The summed E-state index contributed by atoms with van der Waals surface area (Å²) < 4.78 is 37.8. The molecule has 0 aliphatic rings. The van der Waals surface area contributed by atoms with Crippen LogP contribution >= 0.6 is 0 Å². The molecular formula is C19H20N2O7S. The number of carbonyl (C=O) groups excluding carboxylic acids is 1. The Hall–Kier alpha value is -3.11. The molecule has 10 heteroatoms. The van der Waals surface area contributed by atoms with Gasteiger partial charge in [0.05, 0.1) is 12.0 Å².